The Bertz CT molecular complexity index is 731. The van der Waals surface area contributed by atoms with Crippen molar-refractivity contribution in [3.05, 3.63) is 60.2 Å². The summed E-state index contributed by atoms with van der Waals surface area (Å²) in [4.78, 5) is 19.9. The summed E-state index contributed by atoms with van der Waals surface area (Å²) in [6.07, 6.45) is 17.1. The minimum atomic E-state index is 0.0603. The second-order valence-electron chi connectivity index (χ2n) is 7.99. The molecule has 0 N–H and O–H groups in total. The summed E-state index contributed by atoms with van der Waals surface area (Å²) >= 11 is 0. The highest BCUT2D eigenvalue weighted by Crippen LogP contribution is 2.51. The van der Waals surface area contributed by atoms with Gasteiger partial charge in [-0.15, -0.1) is 0 Å². The zero-order valence-electron chi connectivity index (χ0n) is 15.8. The molecule has 0 aromatic carbocycles. The smallest absolute Gasteiger partial charge is 0.167 e. The van der Waals surface area contributed by atoms with E-state index in [0.717, 1.165) is 30.9 Å². The van der Waals surface area contributed by atoms with Crippen LogP contribution in [0, 0.1) is 11.8 Å². The highest BCUT2D eigenvalue weighted by atomic mass is 16.6. The van der Waals surface area contributed by atoms with Gasteiger partial charge in [0.25, 0.3) is 0 Å². The van der Waals surface area contributed by atoms with Crippen LogP contribution in [0.1, 0.15) is 67.3 Å². The fourth-order valence-electron chi connectivity index (χ4n) is 4.65. The minimum absolute atomic E-state index is 0.0603. The Balaban J connectivity index is 0.000000134. The van der Waals surface area contributed by atoms with Crippen LogP contribution in [0.25, 0.3) is 0 Å². The summed E-state index contributed by atoms with van der Waals surface area (Å²) in [5.41, 5.74) is 2.12. The maximum atomic E-state index is 11.8. The van der Waals surface area contributed by atoms with E-state index in [0.29, 0.717) is 0 Å². The third-order valence-corrected chi connectivity index (χ3v) is 6.29. The molecule has 0 radical (unpaired) electrons. The molecule has 2 saturated carbocycles. The van der Waals surface area contributed by atoms with Crippen LogP contribution in [0.3, 0.4) is 0 Å². The van der Waals surface area contributed by atoms with E-state index in [1.54, 1.807) is 12.4 Å². The largest absolute Gasteiger partial charge is 0.364 e. The molecule has 3 aliphatic rings. The lowest BCUT2D eigenvalue weighted by Gasteiger charge is -2.18. The van der Waals surface area contributed by atoms with Gasteiger partial charge < -0.3 is 4.74 Å². The van der Waals surface area contributed by atoms with Crippen molar-refractivity contribution in [3.8, 4) is 0 Å². The number of nitrogens with zero attached hydrogens (tertiary/aromatic N) is 2. The van der Waals surface area contributed by atoms with Gasteiger partial charge in [-0.2, -0.15) is 0 Å². The number of pyridine rings is 2. The first kappa shape index (κ1) is 18.3. The van der Waals surface area contributed by atoms with E-state index < -0.39 is 0 Å². The lowest BCUT2D eigenvalue weighted by molar-refractivity contribution is 0.0922. The van der Waals surface area contributed by atoms with E-state index in [-0.39, 0.29) is 17.3 Å². The summed E-state index contributed by atoms with van der Waals surface area (Å²) in [6, 6.07) is 7.84. The van der Waals surface area contributed by atoms with Crippen molar-refractivity contribution in [1.82, 2.24) is 9.97 Å². The zero-order valence-corrected chi connectivity index (χ0v) is 15.8. The molecule has 142 valence electrons. The molecule has 2 aromatic heterocycles. The number of ether oxygens (including phenoxy) is 1. The van der Waals surface area contributed by atoms with Gasteiger partial charge in [-0.05, 0) is 49.8 Å². The average molecular weight is 364 g/mol. The van der Waals surface area contributed by atoms with Crippen LogP contribution in [0.2, 0.25) is 0 Å². The predicted octanol–water partition coefficient (Wildman–Crippen LogP) is 4.95. The van der Waals surface area contributed by atoms with Gasteiger partial charge in [-0.25, -0.2) is 0 Å². The van der Waals surface area contributed by atoms with Crippen LogP contribution < -0.4 is 0 Å². The molecule has 1 aliphatic heterocycles. The molecular weight excluding hydrogens is 336 g/mol. The second kappa shape index (κ2) is 8.30. The van der Waals surface area contributed by atoms with Crippen LogP contribution >= 0.6 is 0 Å². The van der Waals surface area contributed by atoms with Crippen molar-refractivity contribution < 1.29 is 9.53 Å². The van der Waals surface area contributed by atoms with Gasteiger partial charge in [0, 0.05) is 41.8 Å². The quantitative estimate of drug-likeness (QED) is 0.569. The molecule has 1 saturated heterocycles. The first-order valence-corrected chi connectivity index (χ1v) is 10.3. The fourth-order valence-corrected chi connectivity index (χ4v) is 4.65. The SMILES string of the molecule is O=C(c1cccnc1)C1CCCC1.c1cncc(C2(C3CCCC3)CO2)c1. The van der Waals surface area contributed by atoms with Crippen molar-refractivity contribution in [2.75, 3.05) is 6.61 Å². The lowest BCUT2D eigenvalue weighted by atomic mass is 9.86. The first-order chi connectivity index (χ1) is 13.3. The molecule has 27 heavy (non-hydrogen) atoms. The molecule has 1 unspecified atom stereocenters. The van der Waals surface area contributed by atoms with Crippen LogP contribution in [-0.2, 0) is 10.3 Å². The van der Waals surface area contributed by atoms with Gasteiger partial charge >= 0.3 is 0 Å². The number of hydrogen-bond donors (Lipinski definition) is 0. The summed E-state index contributed by atoms with van der Waals surface area (Å²) in [5, 5.41) is 0. The topological polar surface area (TPSA) is 55.4 Å². The van der Waals surface area contributed by atoms with Crippen LogP contribution in [-0.4, -0.2) is 22.4 Å². The van der Waals surface area contributed by atoms with Crippen LogP contribution in [0.5, 0.6) is 0 Å². The van der Waals surface area contributed by atoms with Gasteiger partial charge in [0.2, 0.25) is 0 Å². The normalized spacial score (nSPS) is 25.0. The van der Waals surface area contributed by atoms with Gasteiger partial charge in [0.15, 0.2) is 5.78 Å². The molecule has 2 aliphatic carbocycles. The first-order valence-electron chi connectivity index (χ1n) is 10.3. The lowest BCUT2D eigenvalue weighted by Crippen LogP contribution is -2.19. The Labute approximate surface area is 161 Å². The number of hydrogen-bond acceptors (Lipinski definition) is 4. The number of rotatable bonds is 4. The molecule has 3 fully saturated rings. The van der Waals surface area contributed by atoms with Gasteiger partial charge in [0.1, 0.15) is 5.60 Å². The molecular formula is C23H28N2O2. The Morgan fingerprint density at radius 3 is 2.11 bits per heavy atom. The Morgan fingerprint density at radius 1 is 0.926 bits per heavy atom. The van der Waals surface area contributed by atoms with Gasteiger partial charge in [-0.3, -0.25) is 14.8 Å². The maximum absolute atomic E-state index is 11.8. The summed E-state index contributed by atoms with van der Waals surface area (Å²) in [7, 11) is 0. The van der Waals surface area contributed by atoms with E-state index in [1.807, 2.05) is 30.6 Å². The van der Waals surface area contributed by atoms with E-state index in [1.165, 1.54) is 44.1 Å². The molecule has 4 nitrogen and oxygen atoms in total. The molecule has 1 atom stereocenters. The minimum Gasteiger partial charge on any atom is -0.364 e. The Morgan fingerprint density at radius 2 is 1.56 bits per heavy atom. The van der Waals surface area contributed by atoms with E-state index in [2.05, 4.69) is 16.0 Å². The van der Waals surface area contributed by atoms with Crippen molar-refractivity contribution >= 4 is 5.78 Å². The third kappa shape index (κ3) is 4.11. The van der Waals surface area contributed by atoms with Gasteiger partial charge in [-0.1, -0.05) is 31.7 Å². The number of ketones is 1. The monoisotopic (exact) mass is 364 g/mol. The molecule has 0 spiro atoms. The number of Topliss-reactive ketones (excluding diaryl/α,β-unsaturated/α-hetero) is 1. The molecule has 4 heteroatoms. The van der Waals surface area contributed by atoms with Crippen molar-refractivity contribution in [3.63, 3.8) is 0 Å². The van der Waals surface area contributed by atoms with E-state index >= 15 is 0 Å². The zero-order chi connectivity index (χ0) is 18.5. The predicted molar refractivity (Wildman–Crippen MR) is 104 cm³/mol. The Kier molecular flexibility index (Phi) is 5.63. The van der Waals surface area contributed by atoms with Crippen LogP contribution in [0.15, 0.2) is 49.1 Å². The second-order valence-corrected chi connectivity index (χ2v) is 7.99. The van der Waals surface area contributed by atoms with Gasteiger partial charge in [0.05, 0.1) is 6.61 Å². The standard InChI is InChI=1S/C12H15NO.C11H13NO/c1-2-5-10(4-1)12(9-14-12)11-6-3-7-13-8-11;13-11(9-4-1-2-5-9)10-6-3-7-12-8-10/h3,6-8,10H,1-2,4-5,9H2;3,6-9H,1-2,4-5H2. The number of aromatic nitrogens is 2. The molecule has 3 heterocycles. The van der Waals surface area contributed by atoms with Crippen molar-refractivity contribution in [2.24, 2.45) is 11.8 Å². The highest BCUT2D eigenvalue weighted by Gasteiger charge is 2.53. The van der Waals surface area contributed by atoms with Crippen LogP contribution in [0.4, 0.5) is 0 Å². The number of carbonyl (C=O) groups excluding carboxylic acids is 1. The highest BCUT2D eigenvalue weighted by molar-refractivity contribution is 5.97. The molecule has 2 aromatic rings. The van der Waals surface area contributed by atoms with E-state index in [4.69, 9.17) is 4.74 Å². The summed E-state index contributed by atoms with van der Waals surface area (Å²) < 4.78 is 5.73. The van der Waals surface area contributed by atoms with Crippen molar-refractivity contribution in [2.45, 2.75) is 57.0 Å². The van der Waals surface area contributed by atoms with E-state index in [9.17, 15) is 4.79 Å². The van der Waals surface area contributed by atoms with Crippen molar-refractivity contribution in [1.29, 1.82) is 0 Å². The summed E-state index contributed by atoms with van der Waals surface area (Å²) in [5.74, 6) is 1.29. The number of epoxide rings is 1. The molecule has 5 rings (SSSR count). The molecule has 0 bridgehead atoms. The molecule has 0 amide bonds. The summed E-state index contributed by atoms with van der Waals surface area (Å²) in [6.45, 7) is 0.906. The average Bonchev–Trinajstić information content (AvgIpc) is 3.15. The number of carbonyl (C=O) groups is 1. The fraction of sp³-hybridized carbons (Fsp3) is 0.522. The third-order valence-electron chi connectivity index (χ3n) is 6.29. The Hall–Kier alpha value is -2.07. The maximum Gasteiger partial charge on any atom is 0.167 e.